The molecule has 0 radical (unpaired) electrons. The van der Waals surface area contributed by atoms with E-state index in [9.17, 15) is 0 Å². The van der Waals surface area contributed by atoms with Crippen molar-refractivity contribution >= 4 is 6.08 Å². The fourth-order valence-corrected chi connectivity index (χ4v) is 0.919. The third-order valence-electron chi connectivity index (χ3n) is 1.48. The van der Waals surface area contributed by atoms with E-state index in [1.54, 1.807) is 0 Å². The summed E-state index contributed by atoms with van der Waals surface area (Å²) in [5, 5.41) is 0. The first kappa shape index (κ1) is 9.96. The molecule has 1 aromatic rings. The molecule has 0 saturated carbocycles. The van der Waals surface area contributed by atoms with Crippen LogP contribution in [0.3, 0.4) is 0 Å². The average molecular weight is 178 g/mol. The maximum atomic E-state index is 4.82. The highest BCUT2D eigenvalue weighted by Gasteiger charge is 1.83. The lowest BCUT2D eigenvalue weighted by Gasteiger charge is -1.95. The van der Waals surface area contributed by atoms with Gasteiger partial charge in [-0.3, -0.25) is 0 Å². The van der Waals surface area contributed by atoms with Crippen LogP contribution in [0.4, 0.5) is 0 Å². The molecule has 0 atom stereocenters. The minimum atomic E-state index is 0.489. The summed E-state index contributed by atoms with van der Waals surface area (Å²) in [5.74, 6) is 0. The summed E-state index contributed by atoms with van der Waals surface area (Å²) < 4.78 is 0. The lowest BCUT2D eigenvalue weighted by molar-refractivity contribution is -0.282. The highest BCUT2D eigenvalue weighted by Crippen LogP contribution is 2.00. The summed E-state index contributed by atoms with van der Waals surface area (Å²) in [5.41, 5.74) is 1.17. The van der Waals surface area contributed by atoms with Crippen molar-refractivity contribution in [2.45, 2.75) is 6.92 Å². The van der Waals surface area contributed by atoms with Gasteiger partial charge in [0.05, 0.1) is 6.61 Å². The second kappa shape index (κ2) is 6.40. The van der Waals surface area contributed by atoms with E-state index in [0.29, 0.717) is 13.2 Å². The van der Waals surface area contributed by atoms with Crippen molar-refractivity contribution in [1.82, 2.24) is 0 Å². The molecule has 2 heteroatoms. The van der Waals surface area contributed by atoms with Crippen LogP contribution in [-0.4, -0.2) is 13.2 Å². The van der Waals surface area contributed by atoms with E-state index in [1.165, 1.54) is 5.56 Å². The maximum Gasteiger partial charge on any atom is 0.101 e. The zero-order valence-electron chi connectivity index (χ0n) is 7.77. The van der Waals surface area contributed by atoms with Crippen LogP contribution in [0.25, 0.3) is 6.08 Å². The van der Waals surface area contributed by atoms with Crippen LogP contribution in [-0.2, 0) is 9.78 Å². The van der Waals surface area contributed by atoms with E-state index < -0.39 is 0 Å². The Morgan fingerprint density at radius 3 is 2.62 bits per heavy atom. The lowest BCUT2D eigenvalue weighted by atomic mass is 10.2. The Morgan fingerprint density at radius 2 is 1.92 bits per heavy atom. The van der Waals surface area contributed by atoms with Crippen LogP contribution in [0.2, 0.25) is 0 Å². The number of benzene rings is 1. The Morgan fingerprint density at radius 1 is 1.15 bits per heavy atom. The lowest BCUT2D eigenvalue weighted by Crippen LogP contribution is -1.92. The molecule has 0 heterocycles. The number of hydrogen-bond acceptors (Lipinski definition) is 2. The van der Waals surface area contributed by atoms with Crippen molar-refractivity contribution in [2.75, 3.05) is 13.2 Å². The Bertz CT molecular complexity index is 242. The van der Waals surface area contributed by atoms with Gasteiger partial charge in [0.15, 0.2) is 0 Å². The molecule has 0 aliphatic carbocycles. The summed E-state index contributed by atoms with van der Waals surface area (Å²) in [6.45, 7) is 2.96. The third-order valence-corrected chi connectivity index (χ3v) is 1.48. The SMILES string of the molecule is CCOOC/C=C/c1ccccc1. The van der Waals surface area contributed by atoms with Crippen LogP contribution in [0.1, 0.15) is 12.5 Å². The van der Waals surface area contributed by atoms with E-state index in [1.807, 2.05) is 49.4 Å². The Balaban J connectivity index is 2.25. The molecule has 0 amide bonds. The average Bonchev–Trinajstić information content (AvgIpc) is 2.19. The number of rotatable bonds is 5. The molecule has 0 fully saturated rings. The van der Waals surface area contributed by atoms with Gasteiger partial charge in [-0.15, -0.1) is 0 Å². The molecule has 2 nitrogen and oxygen atoms in total. The quantitative estimate of drug-likeness (QED) is 0.392. The van der Waals surface area contributed by atoms with E-state index >= 15 is 0 Å². The van der Waals surface area contributed by atoms with E-state index in [0.717, 1.165) is 0 Å². The van der Waals surface area contributed by atoms with E-state index in [4.69, 9.17) is 9.78 Å². The molecular weight excluding hydrogens is 164 g/mol. The summed E-state index contributed by atoms with van der Waals surface area (Å²) in [4.78, 5) is 9.54. The molecule has 0 aliphatic rings. The van der Waals surface area contributed by atoms with Crippen LogP contribution >= 0.6 is 0 Å². The van der Waals surface area contributed by atoms with E-state index in [-0.39, 0.29) is 0 Å². The van der Waals surface area contributed by atoms with Gasteiger partial charge in [-0.05, 0) is 12.5 Å². The van der Waals surface area contributed by atoms with Crippen molar-refractivity contribution in [2.24, 2.45) is 0 Å². The zero-order valence-corrected chi connectivity index (χ0v) is 7.77. The molecular formula is C11H14O2. The van der Waals surface area contributed by atoms with Crippen molar-refractivity contribution in [3.63, 3.8) is 0 Å². The van der Waals surface area contributed by atoms with Gasteiger partial charge in [0.1, 0.15) is 6.61 Å². The Kier molecular flexibility index (Phi) is 4.91. The second-order valence-electron chi connectivity index (χ2n) is 2.50. The molecule has 0 unspecified atom stereocenters. The normalized spacial score (nSPS) is 10.8. The smallest absolute Gasteiger partial charge is 0.101 e. The fourth-order valence-electron chi connectivity index (χ4n) is 0.919. The first-order chi connectivity index (χ1) is 6.43. The van der Waals surface area contributed by atoms with Gasteiger partial charge in [-0.2, -0.15) is 0 Å². The first-order valence-electron chi connectivity index (χ1n) is 4.39. The van der Waals surface area contributed by atoms with Gasteiger partial charge in [-0.25, -0.2) is 9.78 Å². The molecule has 1 rings (SSSR count). The van der Waals surface area contributed by atoms with Crippen molar-refractivity contribution in [3.05, 3.63) is 42.0 Å². The minimum absolute atomic E-state index is 0.489. The summed E-state index contributed by atoms with van der Waals surface area (Å²) in [6, 6.07) is 10.1. The second-order valence-corrected chi connectivity index (χ2v) is 2.50. The van der Waals surface area contributed by atoms with Crippen molar-refractivity contribution in [3.8, 4) is 0 Å². The summed E-state index contributed by atoms with van der Waals surface area (Å²) >= 11 is 0. The molecule has 0 saturated heterocycles. The topological polar surface area (TPSA) is 18.5 Å². The summed E-state index contributed by atoms with van der Waals surface area (Å²) in [6.07, 6.45) is 3.92. The van der Waals surface area contributed by atoms with Crippen LogP contribution in [0.15, 0.2) is 36.4 Å². The van der Waals surface area contributed by atoms with Gasteiger partial charge in [0, 0.05) is 0 Å². The fraction of sp³-hybridized carbons (Fsp3) is 0.273. The molecule has 70 valence electrons. The van der Waals surface area contributed by atoms with Crippen LogP contribution in [0.5, 0.6) is 0 Å². The largest absolute Gasteiger partial charge is 0.237 e. The molecule has 13 heavy (non-hydrogen) atoms. The van der Waals surface area contributed by atoms with Gasteiger partial charge in [0.2, 0.25) is 0 Å². The van der Waals surface area contributed by atoms with Gasteiger partial charge >= 0.3 is 0 Å². The zero-order chi connectivity index (χ0) is 9.36. The van der Waals surface area contributed by atoms with Crippen LogP contribution < -0.4 is 0 Å². The highest BCUT2D eigenvalue weighted by molar-refractivity contribution is 5.48. The minimum Gasteiger partial charge on any atom is -0.237 e. The van der Waals surface area contributed by atoms with Gasteiger partial charge < -0.3 is 0 Å². The number of hydrogen-bond donors (Lipinski definition) is 0. The van der Waals surface area contributed by atoms with Crippen molar-refractivity contribution < 1.29 is 9.78 Å². The van der Waals surface area contributed by atoms with Crippen LogP contribution in [0, 0.1) is 0 Å². The Labute approximate surface area is 78.7 Å². The molecule has 0 aliphatic heterocycles. The van der Waals surface area contributed by atoms with Gasteiger partial charge in [-0.1, -0.05) is 42.5 Å². The highest BCUT2D eigenvalue weighted by atomic mass is 17.2. The van der Waals surface area contributed by atoms with Crippen molar-refractivity contribution in [1.29, 1.82) is 0 Å². The maximum absolute atomic E-state index is 4.82. The monoisotopic (exact) mass is 178 g/mol. The molecule has 0 spiro atoms. The predicted octanol–water partition coefficient (Wildman–Crippen LogP) is 2.67. The predicted molar refractivity (Wildman–Crippen MR) is 53.1 cm³/mol. The molecule has 0 bridgehead atoms. The molecule has 1 aromatic carbocycles. The third kappa shape index (κ3) is 4.45. The molecule has 0 aromatic heterocycles. The van der Waals surface area contributed by atoms with Gasteiger partial charge in [0.25, 0.3) is 0 Å². The Hall–Kier alpha value is -1.12. The van der Waals surface area contributed by atoms with E-state index in [2.05, 4.69) is 0 Å². The standard InChI is InChI=1S/C11H14O2/c1-2-12-13-10-6-9-11-7-4-3-5-8-11/h3-9H,2,10H2,1H3/b9-6+. The molecule has 0 N–H and O–H groups in total. The summed E-state index contributed by atoms with van der Waals surface area (Å²) in [7, 11) is 0. The first-order valence-corrected chi connectivity index (χ1v) is 4.39.